The molecule has 1 aromatic carbocycles. The normalized spacial score (nSPS) is 9.45. The van der Waals surface area contributed by atoms with Crippen molar-refractivity contribution in [2.75, 3.05) is 42.0 Å². The lowest BCUT2D eigenvalue weighted by Gasteiger charge is -2.14. The molecule has 0 aliphatic heterocycles. The average molecular weight is 310 g/mol. The van der Waals surface area contributed by atoms with Crippen LogP contribution in [0.1, 0.15) is 5.56 Å². The molecular weight excluding hydrogens is 292 g/mol. The largest absolute Gasteiger partial charge is 0.493 e. The molecule has 120 valence electrons. The highest BCUT2D eigenvalue weighted by Gasteiger charge is 2.12. The van der Waals surface area contributed by atoms with Crippen LogP contribution in [0.3, 0.4) is 0 Å². The van der Waals surface area contributed by atoms with Crippen LogP contribution >= 0.6 is 0 Å². The predicted octanol–water partition coefficient (Wildman–Crippen LogP) is 1.19. The highest BCUT2D eigenvalue weighted by Crippen LogP contribution is 2.34. The summed E-state index contributed by atoms with van der Waals surface area (Å²) < 4.78 is 30.2. The lowest BCUT2D eigenvalue weighted by atomic mass is 10.1. The van der Waals surface area contributed by atoms with Crippen LogP contribution < -0.4 is 14.2 Å². The smallest absolute Gasteiger partial charge is 0.384 e. The van der Waals surface area contributed by atoms with Crippen LogP contribution in [-0.2, 0) is 19.0 Å². The predicted molar refractivity (Wildman–Crippen MR) is 76.9 cm³/mol. The standard InChI is InChI=1S/C15H18O7/c1-17-9-21-12-8-13(19-3)14(22-10-18-2)7-11(12)5-6-15(16)20-4/h7-8H,9-10H2,1-4H3. The third-order valence-corrected chi connectivity index (χ3v) is 2.42. The van der Waals surface area contributed by atoms with Gasteiger partial charge in [0.2, 0.25) is 0 Å². The van der Waals surface area contributed by atoms with Crippen molar-refractivity contribution in [1.29, 1.82) is 0 Å². The Balaban J connectivity index is 3.20. The molecule has 0 aromatic heterocycles. The van der Waals surface area contributed by atoms with E-state index in [1.54, 1.807) is 12.1 Å². The fourth-order valence-electron chi connectivity index (χ4n) is 1.44. The van der Waals surface area contributed by atoms with Crippen molar-refractivity contribution in [3.63, 3.8) is 0 Å². The molecule has 1 aromatic rings. The number of carbonyl (C=O) groups excluding carboxylic acids is 1. The summed E-state index contributed by atoms with van der Waals surface area (Å²) >= 11 is 0. The molecule has 0 N–H and O–H groups in total. The van der Waals surface area contributed by atoms with Crippen molar-refractivity contribution < 1.29 is 33.2 Å². The van der Waals surface area contributed by atoms with E-state index in [0.717, 1.165) is 0 Å². The maximum atomic E-state index is 11.2. The van der Waals surface area contributed by atoms with Gasteiger partial charge in [0.15, 0.2) is 25.1 Å². The van der Waals surface area contributed by atoms with E-state index in [1.165, 1.54) is 28.4 Å². The third kappa shape index (κ3) is 5.16. The molecule has 0 bridgehead atoms. The summed E-state index contributed by atoms with van der Waals surface area (Å²) in [5.74, 6) is 5.56. The molecule has 0 heterocycles. The van der Waals surface area contributed by atoms with E-state index in [-0.39, 0.29) is 13.6 Å². The zero-order valence-electron chi connectivity index (χ0n) is 12.9. The molecular formula is C15H18O7. The molecule has 22 heavy (non-hydrogen) atoms. The van der Waals surface area contributed by atoms with Gasteiger partial charge < -0.3 is 28.4 Å². The van der Waals surface area contributed by atoms with Gasteiger partial charge in [-0.05, 0) is 0 Å². The highest BCUT2D eigenvalue weighted by molar-refractivity contribution is 5.89. The van der Waals surface area contributed by atoms with E-state index in [9.17, 15) is 4.79 Å². The van der Waals surface area contributed by atoms with Gasteiger partial charge in [-0.1, -0.05) is 5.92 Å². The van der Waals surface area contributed by atoms with E-state index >= 15 is 0 Å². The number of methoxy groups -OCH3 is 4. The topological polar surface area (TPSA) is 72.5 Å². The molecule has 0 spiro atoms. The maximum absolute atomic E-state index is 11.2. The number of rotatable bonds is 7. The molecule has 7 nitrogen and oxygen atoms in total. The molecule has 0 amide bonds. The van der Waals surface area contributed by atoms with Crippen LogP contribution in [0.25, 0.3) is 0 Å². The average Bonchev–Trinajstić information content (AvgIpc) is 2.55. The van der Waals surface area contributed by atoms with Crippen LogP contribution in [0.4, 0.5) is 0 Å². The molecule has 0 saturated heterocycles. The molecule has 0 saturated carbocycles. The summed E-state index contributed by atoms with van der Waals surface area (Å²) in [6, 6.07) is 3.17. The number of carbonyl (C=O) groups is 1. The molecule has 1 rings (SSSR count). The summed E-state index contributed by atoms with van der Waals surface area (Å²) in [6.07, 6.45) is 0. The zero-order valence-corrected chi connectivity index (χ0v) is 12.9. The fourth-order valence-corrected chi connectivity index (χ4v) is 1.44. The van der Waals surface area contributed by atoms with Gasteiger partial charge in [-0.15, -0.1) is 0 Å². The van der Waals surface area contributed by atoms with Crippen molar-refractivity contribution >= 4 is 5.97 Å². The van der Waals surface area contributed by atoms with Crippen LogP contribution in [0, 0.1) is 11.8 Å². The van der Waals surface area contributed by atoms with E-state index in [2.05, 4.69) is 16.6 Å². The van der Waals surface area contributed by atoms with Crippen molar-refractivity contribution in [2.24, 2.45) is 0 Å². The summed E-state index contributed by atoms with van der Waals surface area (Å²) in [7, 11) is 5.74. The van der Waals surface area contributed by atoms with Gasteiger partial charge in [0.05, 0.1) is 19.8 Å². The Morgan fingerprint density at radius 3 is 2.14 bits per heavy atom. The number of hydrogen-bond acceptors (Lipinski definition) is 7. The van der Waals surface area contributed by atoms with Gasteiger partial charge in [0.25, 0.3) is 0 Å². The summed E-state index contributed by atoms with van der Waals surface area (Å²) in [5, 5.41) is 0. The van der Waals surface area contributed by atoms with Crippen LogP contribution in [0.2, 0.25) is 0 Å². The van der Waals surface area contributed by atoms with Crippen molar-refractivity contribution in [3.8, 4) is 29.1 Å². The number of ether oxygens (including phenoxy) is 6. The van der Waals surface area contributed by atoms with Crippen molar-refractivity contribution in [3.05, 3.63) is 17.7 Å². The van der Waals surface area contributed by atoms with E-state index in [1.807, 2.05) is 0 Å². The van der Waals surface area contributed by atoms with Crippen molar-refractivity contribution in [2.45, 2.75) is 0 Å². The van der Waals surface area contributed by atoms with E-state index in [4.69, 9.17) is 23.7 Å². The molecule has 0 unspecified atom stereocenters. The molecule has 0 radical (unpaired) electrons. The van der Waals surface area contributed by atoms with Crippen LogP contribution in [0.5, 0.6) is 17.2 Å². The van der Waals surface area contributed by atoms with Crippen LogP contribution in [0.15, 0.2) is 12.1 Å². The van der Waals surface area contributed by atoms with Crippen molar-refractivity contribution in [1.82, 2.24) is 0 Å². The molecule has 0 fully saturated rings. The van der Waals surface area contributed by atoms with Gasteiger partial charge in [-0.2, -0.15) is 0 Å². The van der Waals surface area contributed by atoms with Gasteiger partial charge in [-0.25, -0.2) is 4.79 Å². The Labute approximate surface area is 129 Å². The summed E-state index contributed by atoms with van der Waals surface area (Å²) in [5.41, 5.74) is 0.425. The number of hydrogen-bond donors (Lipinski definition) is 0. The first-order valence-corrected chi connectivity index (χ1v) is 6.21. The van der Waals surface area contributed by atoms with Gasteiger partial charge in [0.1, 0.15) is 5.75 Å². The Morgan fingerprint density at radius 2 is 1.59 bits per heavy atom. The molecule has 0 atom stereocenters. The van der Waals surface area contributed by atoms with Gasteiger partial charge in [-0.3, -0.25) is 0 Å². The number of benzene rings is 1. The lowest BCUT2D eigenvalue weighted by Crippen LogP contribution is -2.04. The quantitative estimate of drug-likeness (QED) is 0.425. The minimum atomic E-state index is -0.659. The first-order valence-electron chi connectivity index (χ1n) is 6.21. The highest BCUT2D eigenvalue weighted by atomic mass is 16.7. The maximum Gasteiger partial charge on any atom is 0.384 e. The third-order valence-electron chi connectivity index (χ3n) is 2.42. The fraction of sp³-hybridized carbons (Fsp3) is 0.400. The van der Waals surface area contributed by atoms with E-state index in [0.29, 0.717) is 22.8 Å². The molecule has 7 heteroatoms. The lowest BCUT2D eigenvalue weighted by molar-refractivity contribution is -0.133. The molecule has 0 aliphatic carbocycles. The second-order valence-corrected chi connectivity index (χ2v) is 3.84. The van der Waals surface area contributed by atoms with E-state index < -0.39 is 5.97 Å². The number of esters is 1. The Bertz CT molecular complexity index is 557. The Hall–Kier alpha value is -2.43. The van der Waals surface area contributed by atoms with Gasteiger partial charge >= 0.3 is 5.97 Å². The first kappa shape index (κ1) is 17.6. The Kier molecular flexibility index (Phi) is 7.61. The second kappa shape index (κ2) is 9.50. The zero-order chi connectivity index (χ0) is 16.4. The second-order valence-electron chi connectivity index (χ2n) is 3.84. The Morgan fingerprint density at radius 1 is 0.955 bits per heavy atom. The minimum absolute atomic E-state index is 0.0222. The SMILES string of the molecule is COCOc1cc(OC)c(OCOC)cc1C#CC(=O)OC. The van der Waals surface area contributed by atoms with Gasteiger partial charge in [0, 0.05) is 32.3 Å². The summed E-state index contributed by atoms with van der Waals surface area (Å²) in [4.78, 5) is 11.2. The summed E-state index contributed by atoms with van der Waals surface area (Å²) in [6.45, 7) is 0.0623. The van der Waals surface area contributed by atoms with Crippen LogP contribution in [-0.4, -0.2) is 48.0 Å². The molecule has 0 aliphatic rings. The monoisotopic (exact) mass is 310 g/mol. The minimum Gasteiger partial charge on any atom is -0.493 e. The first-order chi connectivity index (χ1) is 10.7.